The van der Waals surface area contributed by atoms with Crippen LogP contribution in [0.15, 0.2) is 30.3 Å². The zero-order valence-electron chi connectivity index (χ0n) is 10.1. The molecule has 0 bridgehead atoms. The highest BCUT2D eigenvalue weighted by Gasteiger charge is 2.14. The van der Waals surface area contributed by atoms with Crippen molar-refractivity contribution in [2.24, 2.45) is 0 Å². The SMILES string of the molecule is CC(C(=O)SCCN(C)C)c1ccccc1. The first-order valence-corrected chi connectivity index (χ1v) is 6.46. The summed E-state index contributed by atoms with van der Waals surface area (Å²) in [6, 6.07) is 9.94. The molecule has 88 valence electrons. The van der Waals surface area contributed by atoms with Gasteiger partial charge in [0, 0.05) is 12.3 Å². The first kappa shape index (κ1) is 13.3. The third-order valence-electron chi connectivity index (χ3n) is 2.44. The third kappa shape index (κ3) is 4.37. The number of hydrogen-bond donors (Lipinski definition) is 0. The number of rotatable bonds is 5. The molecule has 1 aromatic rings. The molecule has 3 heteroatoms. The van der Waals surface area contributed by atoms with Crippen molar-refractivity contribution in [2.45, 2.75) is 12.8 Å². The normalized spacial score (nSPS) is 12.8. The van der Waals surface area contributed by atoms with Crippen LogP contribution in [0.4, 0.5) is 0 Å². The second kappa shape index (κ2) is 6.71. The predicted molar refractivity (Wildman–Crippen MR) is 70.9 cm³/mol. The average Bonchev–Trinajstić information content (AvgIpc) is 2.28. The summed E-state index contributed by atoms with van der Waals surface area (Å²) >= 11 is 1.43. The summed E-state index contributed by atoms with van der Waals surface area (Å²) in [5.74, 6) is 0.858. The van der Waals surface area contributed by atoms with Crippen LogP contribution in [0.1, 0.15) is 18.4 Å². The first-order chi connectivity index (χ1) is 7.61. The van der Waals surface area contributed by atoms with E-state index in [2.05, 4.69) is 4.90 Å². The van der Waals surface area contributed by atoms with Gasteiger partial charge in [0.1, 0.15) is 0 Å². The minimum absolute atomic E-state index is 0.00615. The molecule has 0 aliphatic heterocycles. The van der Waals surface area contributed by atoms with Gasteiger partial charge in [0.05, 0.1) is 5.92 Å². The molecule has 0 aromatic heterocycles. The van der Waals surface area contributed by atoms with E-state index in [-0.39, 0.29) is 11.0 Å². The van der Waals surface area contributed by atoms with E-state index in [4.69, 9.17) is 0 Å². The van der Waals surface area contributed by atoms with Gasteiger partial charge in [-0.3, -0.25) is 4.79 Å². The Balaban J connectivity index is 2.43. The van der Waals surface area contributed by atoms with Crippen LogP contribution in [-0.4, -0.2) is 36.4 Å². The average molecular weight is 237 g/mol. The molecule has 0 aliphatic rings. The fourth-order valence-electron chi connectivity index (χ4n) is 1.33. The number of thioether (sulfide) groups is 1. The van der Waals surface area contributed by atoms with E-state index in [1.165, 1.54) is 11.8 Å². The zero-order chi connectivity index (χ0) is 12.0. The summed E-state index contributed by atoms with van der Waals surface area (Å²) in [7, 11) is 4.04. The summed E-state index contributed by atoms with van der Waals surface area (Å²) < 4.78 is 0. The highest BCUT2D eigenvalue weighted by Crippen LogP contribution is 2.21. The van der Waals surface area contributed by atoms with Crippen LogP contribution in [0.3, 0.4) is 0 Å². The van der Waals surface area contributed by atoms with Crippen LogP contribution < -0.4 is 0 Å². The molecule has 0 saturated carbocycles. The molecule has 16 heavy (non-hydrogen) atoms. The standard InChI is InChI=1S/C13H19NOS/c1-11(12-7-5-4-6-8-12)13(15)16-10-9-14(2)3/h4-8,11H,9-10H2,1-3H3. The van der Waals surface area contributed by atoms with Crippen LogP contribution in [0, 0.1) is 0 Å². The molecule has 1 rings (SSSR count). The van der Waals surface area contributed by atoms with Crippen molar-refractivity contribution >= 4 is 16.9 Å². The van der Waals surface area contributed by atoms with Gasteiger partial charge in [-0.15, -0.1) is 0 Å². The topological polar surface area (TPSA) is 20.3 Å². The molecule has 0 aliphatic carbocycles. The maximum absolute atomic E-state index is 11.9. The Morgan fingerprint density at radius 3 is 2.50 bits per heavy atom. The fraction of sp³-hybridized carbons (Fsp3) is 0.462. The van der Waals surface area contributed by atoms with E-state index in [1.807, 2.05) is 51.4 Å². The fourth-order valence-corrected chi connectivity index (χ4v) is 2.38. The Labute approximate surface area is 102 Å². The lowest BCUT2D eigenvalue weighted by Crippen LogP contribution is -2.16. The van der Waals surface area contributed by atoms with Gasteiger partial charge in [0.2, 0.25) is 0 Å². The second-order valence-corrected chi connectivity index (χ2v) is 5.20. The van der Waals surface area contributed by atoms with E-state index in [1.54, 1.807) is 0 Å². The highest BCUT2D eigenvalue weighted by atomic mass is 32.2. The summed E-state index contributed by atoms with van der Waals surface area (Å²) in [6.07, 6.45) is 0. The Bertz CT molecular complexity index is 324. The van der Waals surface area contributed by atoms with Gasteiger partial charge in [0.15, 0.2) is 5.12 Å². The Hall–Kier alpha value is -0.800. The van der Waals surface area contributed by atoms with Crippen molar-refractivity contribution in [3.05, 3.63) is 35.9 Å². The van der Waals surface area contributed by atoms with E-state index in [0.717, 1.165) is 17.9 Å². The molecule has 0 spiro atoms. The number of nitrogens with zero attached hydrogens (tertiary/aromatic N) is 1. The molecule has 0 N–H and O–H groups in total. The third-order valence-corrected chi connectivity index (χ3v) is 3.46. The van der Waals surface area contributed by atoms with Crippen LogP contribution in [0.5, 0.6) is 0 Å². The molecule has 1 aromatic carbocycles. The van der Waals surface area contributed by atoms with Gasteiger partial charge in [-0.1, -0.05) is 49.0 Å². The molecule has 1 unspecified atom stereocenters. The number of benzene rings is 1. The quantitative estimate of drug-likeness (QED) is 0.785. The molecule has 0 fully saturated rings. The lowest BCUT2D eigenvalue weighted by Gasteiger charge is -2.12. The minimum atomic E-state index is -0.00615. The Morgan fingerprint density at radius 2 is 1.94 bits per heavy atom. The van der Waals surface area contributed by atoms with Crippen molar-refractivity contribution in [2.75, 3.05) is 26.4 Å². The van der Waals surface area contributed by atoms with Gasteiger partial charge in [-0.05, 0) is 19.7 Å². The molecule has 0 saturated heterocycles. The summed E-state index contributed by atoms with van der Waals surface area (Å²) in [4.78, 5) is 14.0. The molecule has 0 radical (unpaired) electrons. The van der Waals surface area contributed by atoms with E-state index in [9.17, 15) is 4.79 Å². The second-order valence-electron chi connectivity index (χ2n) is 4.10. The van der Waals surface area contributed by atoms with Crippen LogP contribution in [0.25, 0.3) is 0 Å². The van der Waals surface area contributed by atoms with E-state index in [0.29, 0.717) is 0 Å². The molecule has 0 heterocycles. The first-order valence-electron chi connectivity index (χ1n) is 5.47. The van der Waals surface area contributed by atoms with Crippen molar-refractivity contribution in [3.63, 3.8) is 0 Å². The molecule has 2 nitrogen and oxygen atoms in total. The highest BCUT2D eigenvalue weighted by molar-refractivity contribution is 8.13. The monoisotopic (exact) mass is 237 g/mol. The van der Waals surface area contributed by atoms with E-state index >= 15 is 0 Å². The van der Waals surface area contributed by atoms with Crippen LogP contribution in [0.2, 0.25) is 0 Å². The van der Waals surface area contributed by atoms with Crippen molar-refractivity contribution < 1.29 is 4.79 Å². The van der Waals surface area contributed by atoms with Gasteiger partial charge < -0.3 is 4.90 Å². The van der Waals surface area contributed by atoms with Crippen LogP contribution >= 0.6 is 11.8 Å². The number of carbonyl (C=O) groups excluding carboxylic acids is 1. The minimum Gasteiger partial charge on any atom is -0.309 e. The molecular weight excluding hydrogens is 218 g/mol. The van der Waals surface area contributed by atoms with Gasteiger partial charge >= 0.3 is 0 Å². The van der Waals surface area contributed by atoms with Crippen molar-refractivity contribution in [1.29, 1.82) is 0 Å². The summed E-state index contributed by atoms with van der Waals surface area (Å²) in [6.45, 7) is 2.91. The Morgan fingerprint density at radius 1 is 1.31 bits per heavy atom. The van der Waals surface area contributed by atoms with Crippen LogP contribution in [-0.2, 0) is 4.79 Å². The maximum atomic E-state index is 11.9. The number of hydrogen-bond acceptors (Lipinski definition) is 3. The Kier molecular flexibility index (Phi) is 5.56. The van der Waals surface area contributed by atoms with Gasteiger partial charge in [-0.2, -0.15) is 0 Å². The van der Waals surface area contributed by atoms with Gasteiger partial charge in [-0.25, -0.2) is 0 Å². The summed E-state index contributed by atoms with van der Waals surface area (Å²) in [5, 5.41) is 0.257. The molecule has 1 atom stereocenters. The molecular formula is C13H19NOS. The predicted octanol–water partition coefficient (Wildman–Crippen LogP) is 2.61. The smallest absolute Gasteiger partial charge is 0.196 e. The van der Waals surface area contributed by atoms with Crippen molar-refractivity contribution in [3.8, 4) is 0 Å². The lowest BCUT2D eigenvalue weighted by atomic mass is 10.0. The van der Waals surface area contributed by atoms with E-state index < -0.39 is 0 Å². The summed E-state index contributed by atoms with van der Waals surface area (Å²) in [5.41, 5.74) is 1.10. The molecule has 0 amide bonds. The maximum Gasteiger partial charge on any atom is 0.196 e. The zero-order valence-corrected chi connectivity index (χ0v) is 11.0. The number of carbonyl (C=O) groups is 1. The van der Waals surface area contributed by atoms with Crippen molar-refractivity contribution in [1.82, 2.24) is 4.90 Å². The largest absolute Gasteiger partial charge is 0.309 e. The van der Waals surface area contributed by atoms with Gasteiger partial charge in [0.25, 0.3) is 0 Å². The lowest BCUT2D eigenvalue weighted by molar-refractivity contribution is -0.111.